The number of benzene rings is 3. The van der Waals surface area contributed by atoms with Crippen LogP contribution in [0.15, 0.2) is 118 Å². The smallest absolute Gasteiger partial charge is 0.186 e. The highest BCUT2D eigenvalue weighted by Crippen LogP contribution is 2.39. The van der Waals surface area contributed by atoms with Crippen LogP contribution in [0.2, 0.25) is 0 Å². The molecule has 190 valence electrons. The van der Waals surface area contributed by atoms with E-state index in [4.69, 9.17) is 9.98 Å². The van der Waals surface area contributed by atoms with Crippen molar-refractivity contribution in [3.05, 3.63) is 130 Å². The molecule has 1 heterocycles. The van der Waals surface area contributed by atoms with Crippen LogP contribution in [-0.2, 0) is 4.79 Å². The second kappa shape index (κ2) is 9.64. The topological polar surface area (TPSA) is 41.8 Å². The van der Waals surface area contributed by atoms with E-state index in [2.05, 4.69) is 78.0 Å². The summed E-state index contributed by atoms with van der Waals surface area (Å²) >= 11 is 0. The Morgan fingerprint density at radius 2 is 1.03 bits per heavy atom. The average molecular weight is 499 g/mol. The van der Waals surface area contributed by atoms with Gasteiger partial charge in [0.1, 0.15) is 0 Å². The molecule has 0 spiro atoms. The summed E-state index contributed by atoms with van der Waals surface area (Å²) < 4.78 is 0. The Kier molecular flexibility index (Phi) is 6.48. The Balaban J connectivity index is 1.88. The minimum atomic E-state index is -0.280. The van der Waals surface area contributed by atoms with Crippen molar-refractivity contribution in [2.75, 3.05) is 0 Å². The molecular formula is C35H34N2O. The first-order valence-corrected chi connectivity index (χ1v) is 13.2. The van der Waals surface area contributed by atoms with Gasteiger partial charge in [-0.25, -0.2) is 9.98 Å². The van der Waals surface area contributed by atoms with Crippen molar-refractivity contribution in [1.29, 1.82) is 0 Å². The van der Waals surface area contributed by atoms with E-state index < -0.39 is 0 Å². The van der Waals surface area contributed by atoms with Crippen LogP contribution in [0.4, 0.5) is 0 Å². The predicted octanol–water partition coefficient (Wildman–Crippen LogP) is 6.42. The van der Waals surface area contributed by atoms with Crippen molar-refractivity contribution in [1.82, 2.24) is 0 Å². The number of allylic oxidation sites excluding steroid dienone is 4. The van der Waals surface area contributed by atoms with Gasteiger partial charge in [-0.15, -0.1) is 0 Å². The molecule has 38 heavy (non-hydrogen) atoms. The van der Waals surface area contributed by atoms with Crippen LogP contribution in [0.5, 0.6) is 0 Å². The molecule has 2 aliphatic rings. The minimum Gasteiger partial charge on any atom is -0.289 e. The number of hydrogen-bond acceptors (Lipinski definition) is 3. The molecule has 3 nitrogen and oxygen atoms in total. The lowest BCUT2D eigenvalue weighted by Gasteiger charge is -2.31. The Bertz CT molecular complexity index is 1620. The summed E-state index contributed by atoms with van der Waals surface area (Å²) in [4.78, 5) is 23.7. The second-order valence-electron chi connectivity index (χ2n) is 11.9. The first-order valence-electron chi connectivity index (χ1n) is 13.2. The van der Waals surface area contributed by atoms with Gasteiger partial charge in [0.25, 0.3) is 0 Å². The van der Waals surface area contributed by atoms with Gasteiger partial charge < -0.3 is 0 Å². The summed E-state index contributed by atoms with van der Waals surface area (Å²) in [5, 5.41) is 2.04. The maximum Gasteiger partial charge on any atom is 0.186 e. The zero-order valence-electron chi connectivity index (χ0n) is 23.0. The zero-order valence-corrected chi connectivity index (χ0v) is 23.0. The molecule has 5 rings (SSSR count). The van der Waals surface area contributed by atoms with Gasteiger partial charge in [-0.1, -0.05) is 126 Å². The molecular weight excluding hydrogens is 464 g/mol. The highest BCUT2D eigenvalue weighted by Gasteiger charge is 2.34. The molecule has 0 saturated carbocycles. The van der Waals surface area contributed by atoms with E-state index in [-0.39, 0.29) is 16.6 Å². The fourth-order valence-electron chi connectivity index (χ4n) is 4.88. The molecule has 0 aromatic heterocycles. The van der Waals surface area contributed by atoms with Gasteiger partial charge >= 0.3 is 0 Å². The maximum atomic E-state index is 13.6. The summed E-state index contributed by atoms with van der Waals surface area (Å²) in [6.45, 7) is 12.6. The highest BCUT2D eigenvalue weighted by atomic mass is 16.1. The van der Waals surface area contributed by atoms with Gasteiger partial charge in [0.2, 0.25) is 0 Å². The number of amidine groups is 1. The van der Waals surface area contributed by atoms with E-state index in [1.54, 1.807) is 0 Å². The number of ketones is 1. The maximum absolute atomic E-state index is 13.6. The van der Waals surface area contributed by atoms with E-state index in [1.807, 2.05) is 60.7 Å². The predicted molar refractivity (Wildman–Crippen MR) is 159 cm³/mol. The van der Waals surface area contributed by atoms with Crippen LogP contribution in [0.25, 0.3) is 11.3 Å². The first-order chi connectivity index (χ1) is 18.0. The van der Waals surface area contributed by atoms with Crippen molar-refractivity contribution in [2.45, 2.75) is 41.5 Å². The molecule has 0 radical (unpaired) electrons. The number of carbonyl (C=O) groups excluding carboxylic acids is 1. The van der Waals surface area contributed by atoms with E-state index in [9.17, 15) is 4.79 Å². The molecule has 0 fully saturated rings. The lowest BCUT2D eigenvalue weighted by Crippen LogP contribution is -2.33. The number of aliphatic imine (C=N–C) groups is 2. The van der Waals surface area contributed by atoms with Crippen molar-refractivity contribution in [2.24, 2.45) is 20.8 Å². The van der Waals surface area contributed by atoms with E-state index in [0.717, 1.165) is 49.7 Å². The van der Waals surface area contributed by atoms with Crippen molar-refractivity contribution in [3.63, 3.8) is 0 Å². The Morgan fingerprint density at radius 3 is 1.55 bits per heavy atom. The fraction of sp³-hybridized carbons (Fsp3) is 0.229. The quantitative estimate of drug-likeness (QED) is 0.402. The molecule has 0 atom stereocenters. The van der Waals surface area contributed by atoms with Crippen LogP contribution in [0.3, 0.4) is 0 Å². The van der Waals surface area contributed by atoms with Crippen LogP contribution in [-0.4, -0.2) is 17.3 Å². The molecule has 0 saturated heterocycles. The molecule has 0 unspecified atom stereocenters. The van der Waals surface area contributed by atoms with Gasteiger partial charge in [0.05, 0.1) is 11.4 Å². The van der Waals surface area contributed by atoms with Crippen molar-refractivity contribution < 1.29 is 4.79 Å². The summed E-state index contributed by atoms with van der Waals surface area (Å²) in [5.74, 6) is 0.839. The molecule has 0 amide bonds. The molecule has 3 heteroatoms. The third-order valence-electron chi connectivity index (χ3n) is 6.94. The Labute approximate surface area is 225 Å². The second-order valence-corrected chi connectivity index (χ2v) is 11.9. The van der Waals surface area contributed by atoms with Gasteiger partial charge in [-0.05, 0) is 33.8 Å². The summed E-state index contributed by atoms with van der Waals surface area (Å²) in [6.07, 6.45) is 4.15. The molecule has 1 aliphatic carbocycles. The number of rotatable bonds is 2. The number of Topliss-reactive ketones (excluding diaryl/α,β-unsaturated/α-hetero) is 1. The van der Waals surface area contributed by atoms with Gasteiger partial charge in [0.15, 0.2) is 11.6 Å². The molecule has 3 aromatic carbocycles. The molecule has 3 aromatic rings. The van der Waals surface area contributed by atoms with Gasteiger partial charge in [0, 0.05) is 27.5 Å². The minimum absolute atomic E-state index is 0.135. The van der Waals surface area contributed by atoms with Gasteiger partial charge in [-0.3, -0.25) is 4.79 Å². The average Bonchev–Trinajstić information content (AvgIpc) is 3.34. The fourth-order valence-corrected chi connectivity index (χ4v) is 4.88. The molecule has 0 N–H and O–H groups in total. The number of nitrogens with zero attached hydrogens (tertiary/aromatic N) is 2. The highest BCUT2D eigenvalue weighted by molar-refractivity contribution is 6.36. The standard InChI is InChI=1S/C35H34N2O/c1-34(2,3)28-21-25(22-29(32(28)38)35(4,5)6)26-19-13-14-20-27(26)31-30(23-15-9-7-10-16-23)36-33(37-31)24-17-11-8-12-18-24/h7-22H,1-6H3/b31-27-. The lowest BCUT2D eigenvalue weighted by molar-refractivity contribution is -0.114. The SMILES string of the molecule is CC(C)(C)C1=CC(=c2cccc/c2=C2/N=C(c3ccccc3)N=C2c2ccccc2)C=C(C(C)(C)C)C1=O. The van der Waals surface area contributed by atoms with Crippen LogP contribution >= 0.6 is 0 Å². The number of hydrogen-bond donors (Lipinski definition) is 0. The van der Waals surface area contributed by atoms with Gasteiger partial charge in [-0.2, -0.15) is 0 Å². The largest absolute Gasteiger partial charge is 0.289 e. The van der Waals surface area contributed by atoms with E-state index in [0.29, 0.717) is 5.84 Å². The zero-order chi connectivity index (χ0) is 27.1. The van der Waals surface area contributed by atoms with Crippen molar-refractivity contribution >= 4 is 28.6 Å². The monoisotopic (exact) mass is 498 g/mol. The lowest BCUT2D eigenvalue weighted by atomic mass is 9.71. The van der Waals surface area contributed by atoms with E-state index >= 15 is 0 Å². The third-order valence-corrected chi connectivity index (χ3v) is 6.94. The summed E-state index contributed by atoms with van der Waals surface area (Å²) in [7, 11) is 0. The molecule has 1 aliphatic heterocycles. The van der Waals surface area contributed by atoms with Crippen LogP contribution in [0.1, 0.15) is 52.7 Å². The summed E-state index contributed by atoms with van der Waals surface area (Å²) in [5.41, 5.74) is 5.82. The normalized spacial score (nSPS) is 17.6. The Hall–Kier alpha value is -4.11. The first kappa shape index (κ1) is 25.5. The van der Waals surface area contributed by atoms with Crippen LogP contribution in [0, 0.1) is 10.8 Å². The Morgan fingerprint density at radius 1 is 0.553 bits per heavy atom. The van der Waals surface area contributed by atoms with E-state index in [1.165, 1.54) is 0 Å². The summed E-state index contributed by atoms with van der Waals surface area (Å²) in [6, 6.07) is 28.6. The molecule has 0 bridgehead atoms. The van der Waals surface area contributed by atoms with Crippen LogP contribution < -0.4 is 10.4 Å². The van der Waals surface area contributed by atoms with Crippen molar-refractivity contribution in [3.8, 4) is 0 Å². The number of carbonyl (C=O) groups is 1. The third kappa shape index (κ3) is 4.89.